The number of hydrogen-bond acceptors (Lipinski definition) is 33. The standard InChI is InChI=1S/C23H23ClN2O7.C20H16N6O3S.C15H14ClN3O3S.C15H13NO4S2.C14H11N3O6.C12H13NO2S/c24-17-8-15-9-19(25-18(15)10-21(17)33-12-16(29)2-1-7-27)22(30)26-20(11-28)13-3-5-14(6-4-13)23(31)32;27-19(18-13-17(24-25-18)14-5-2-1-3-6-14)23-15-7-9-16(10-8-15)30(28,29)26-20-21-11-4-12-22-20;1-2-17-15(23)19-18-8-10-4-6-13(22-10)9-3-5-11(14(20)21)12(16)7-9;1-3-19-15(18)14-9(2)13(21-8-16)12(22-14)7-10(17)11-5-4-6-20-11;18-10-2-3-11(13(20)6-10)14(21)16-15-7-8-5-9(17(22)23)1-4-12(8)19;14-11(10-4-2-1-3-5-10)12(16)13-6-8-15-9-7-13/h3-6,8-10,20,25,27-28H,1-2,7,11-12H2,(H,26,30)(H,31,32);1-13H,(H,23,27)(H,24,25)(H,21,22,26);3-8H,2H2,1H3,(H,20,21)(H2,17,19,23);4-6H,3,7H2,1-2H3;1-7,18-20H,(H,16,21);1-5H,6-9H2/b;;18-8+;;15-7+;/t20-;;;;;/m1...../s1. The quantitative estimate of drug-likeness (QED) is 0.00260. The molecule has 1 fully saturated rings. The van der Waals surface area contributed by atoms with Crippen LogP contribution in [-0.2, 0) is 30.7 Å². The Balaban J connectivity index is 0.000000183. The number of nitro groups is 1. The maximum Gasteiger partial charge on any atom is 0.348 e. The van der Waals surface area contributed by atoms with Crippen LogP contribution in [0.15, 0.2) is 266 Å². The molecule has 1 saturated heterocycles. The minimum atomic E-state index is -3.84. The van der Waals surface area contributed by atoms with Crippen molar-refractivity contribution in [3.63, 3.8) is 0 Å². The highest BCUT2D eigenvalue weighted by Crippen LogP contribution is 2.38. The molecule has 15 rings (SSSR count). The number of nitriles is 1. The molecule has 3 amide bonds. The van der Waals surface area contributed by atoms with E-state index in [1.165, 1.54) is 103 Å². The number of nitro benzene ring substituents is 1. The van der Waals surface area contributed by atoms with Gasteiger partial charge in [-0.2, -0.15) is 20.6 Å². The van der Waals surface area contributed by atoms with Gasteiger partial charge in [-0.1, -0.05) is 114 Å². The van der Waals surface area contributed by atoms with Crippen LogP contribution >= 0.6 is 70.7 Å². The number of hydrogen-bond donors (Lipinski definition) is 15. The number of aliphatic hydroxyl groups excluding tert-OH is 2. The van der Waals surface area contributed by atoms with Crippen molar-refractivity contribution < 1.29 is 115 Å². The number of nitrogens with zero attached hydrogens (tertiary/aromatic N) is 8. The third kappa shape index (κ3) is 33.4. The number of fused-ring (bicyclic) bond motifs is 1. The van der Waals surface area contributed by atoms with Gasteiger partial charge in [0.25, 0.3) is 33.4 Å². The summed E-state index contributed by atoms with van der Waals surface area (Å²) in [5.74, 6) is -3.94. The number of aromatic hydroxyl groups is 3. The van der Waals surface area contributed by atoms with Gasteiger partial charge < -0.3 is 84.6 Å². The maximum absolute atomic E-state index is 12.7. The number of aliphatic hydroxyl groups is 2. The van der Waals surface area contributed by atoms with Gasteiger partial charge in [0.1, 0.15) is 62.8 Å². The number of phenolic OH excluding ortho intramolecular Hbond substituents is 3. The number of aromatic nitrogens is 5. The number of esters is 1. The Morgan fingerprint density at radius 3 is 2.07 bits per heavy atom. The average molecular weight is 2140 g/mol. The molecular formula is C99H90Cl2N16O25S5. The fourth-order valence-electron chi connectivity index (χ4n) is 12.8. The molecule has 15 N–H and O–H groups in total. The average Bonchev–Trinajstić information content (AvgIpc) is 1.48. The van der Waals surface area contributed by atoms with Gasteiger partial charge in [0, 0.05) is 124 Å². The van der Waals surface area contributed by atoms with E-state index in [2.05, 4.69) is 66.9 Å². The van der Waals surface area contributed by atoms with Gasteiger partial charge in [0.2, 0.25) is 17.5 Å². The van der Waals surface area contributed by atoms with Crippen LogP contribution in [0.5, 0.6) is 23.0 Å². The third-order valence-corrected chi connectivity index (χ3v) is 25.0. The van der Waals surface area contributed by atoms with Gasteiger partial charge in [-0.05, 0) is 178 Å². The molecule has 48 heteroatoms. The number of carbonyl (C=O) groups excluding carboxylic acids is 7. The number of Topliss-reactive ketones (excluding diaryl/α,β-unsaturated/α-hetero) is 3. The molecule has 0 unspecified atom stereocenters. The van der Waals surface area contributed by atoms with Crippen LogP contribution in [0.1, 0.15) is 143 Å². The van der Waals surface area contributed by atoms with E-state index < -0.39 is 62.4 Å². The van der Waals surface area contributed by atoms with Gasteiger partial charge in [-0.3, -0.25) is 49.4 Å². The second kappa shape index (κ2) is 55.8. The summed E-state index contributed by atoms with van der Waals surface area (Å²) >= 11 is 24.5. The molecule has 6 aromatic heterocycles. The first-order chi connectivity index (χ1) is 70.6. The summed E-state index contributed by atoms with van der Waals surface area (Å²) < 4.78 is 53.5. The molecule has 760 valence electrons. The monoisotopic (exact) mass is 2130 g/mol. The van der Waals surface area contributed by atoms with E-state index >= 15 is 0 Å². The maximum atomic E-state index is 12.7. The number of ketones is 3. The lowest BCUT2D eigenvalue weighted by Crippen LogP contribution is -2.43. The number of aromatic amines is 2. The lowest BCUT2D eigenvalue weighted by molar-refractivity contribution is -0.384. The first-order valence-electron chi connectivity index (χ1n) is 43.7. The molecule has 14 aromatic rings. The molecule has 0 saturated carbocycles. The van der Waals surface area contributed by atoms with Crippen LogP contribution in [0.4, 0.5) is 17.3 Å². The fraction of sp³-hybridized carbons (Fsp3) is 0.162. The van der Waals surface area contributed by atoms with Crippen LogP contribution in [-0.4, -0.2) is 214 Å². The van der Waals surface area contributed by atoms with Crippen LogP contribution in [0.3, 0.4) is 0 Å². The summed E-state index contributed by atoms with van der Waals surface area (Å²) in [6, 6.07) is 55.5. The number of halogens is 2. The number of hydrazone groups is 2. The number of amides is 3. The van der Waals surface area contributed by atoms with Crippen molar-refractivity contribution in [1.29, 1.82) is 5.26 Å². The summed E-state index contributed by atoms with van der Waals surface area (Å²) in [5.41, 5.74) is 10.2. The van der Waals surface area contributed by atoms with Crippen molar-refractivity contribution in [3.8, 4) is 51.0 Å². The van der Waals surface area contributed by atoms with Gasteiger partial charge in [0.05, 0.1) is 93.4 Å². The predicted octanol–water partition coefficient (Wildman–Crippen LogP) is 15.6. The highest BCUT2D eigenvalue weighted by Gasteiger charge is 2.27. The predicted molar refractivity (Wildman–Crippen MR) is 554 cm³/mol. The number of sulfonamides is 1. The number of aromatic carboxylic acids is 2. The number of H-pyrrole nitrogens is 2. The molecular weight excluding hydrogens is 2040 g/mol. The zero-order valence-corrected chi connectivity index (χ0v) is 83.2. The number of thioether (sulfide) groups is 1. The molecule has 1 aliphatic rings. The number of anilines is 2. The Bertz CT molecular complexity index is 7250. The minimum absolute atomic E-state index is 0.0147. The van der Waals surface area contributed by atoms with Crippen LogP contribution in [0.25, 0.3) is 33.5 Å². The number of carbonyl (C=O) groups is 9. The number of furan rings is 2. The van der Waals surface area contributed by atoms with Crippen LogP contribution in [0.2, 0.25) is 10.0 Å². The number of carboxylic acids is 2. The largest absolute Gasteiger partial charge is 0.508 e. The number of nitrogens with one attached hydrogen (secondary N) is 8. The van der Waals surface area contributed by atoms with E-state index in [-0.39, 0.29) is 140 Å². The third-order valence-electron chi connectivity index (χ3n) is 20.1. The first-order valence-corrected chi connectivity index (χ1v) is 48.3. The van der Waals surface area contributed by atoms with Crippen LogP contribution < -0.4 is 36.3 Å². The number of thiocarbonyl (C=S) groups is 2. The smallest absolute Gasteiger partial charge is 0.348 e. The van der Waals surface area contributed by atoms with Crippen molar-refractivity contribution in [3.05, 3.63) is 329 Å². The highest BCUT2D eigenvalue weighted by molar-refractivity contribution is 8.04. The molecule has 0 radical (unpaired) electrons. The number of thiocyanates is 1. The summed E-state index contributed by atoms with van der Waals surface area (Å²) in [6.07, 6.45) is 7.46. The molecule has 1 atom stereocenters. The Morgan fingerprint density at radius 2 is 1.44 bits per heavy atom. The van der Waals surface area contributed by atoms with Crippen molar-refractivity contribution in [1.82, 2.24) is 51.5 Å². The van der Waals surface area contributed by atoms with Crippen LogP contribution in [0, 0.1) is 27.7 Å². The topological polar surface area (TPSA) is 621 Å². The molecule has 8 aromatic carbocycles. The Morgan fingerprint density at radius 1 is 0.735 bits per heavy atom. The first kappa shape index (κ1) is 112. The number of benzene rings is 8. The molecule has 147 heavy (non-hydrogen) atoms. The van der Waals surface area contributed by atoms with E-state index in [1.807, 2.05) is 65.8 Å². The number of thiophene rings is 1. The zero-order chi connectivity index (χ0) is 106. The van der Waals surface area contributed by atoms with E-state index in [4.69, 9.17) is 96.4 Å². The normalized spacial score (nSPS) is 11.5. The fourth-order valence-corrected chi connectivity index (χ4v) is 16.7. The Kier molecular flexibility index (Phi) is 42.6. The number of carboxylic acid groups (broad SMARTS) is 2. The lowest BCUT2D eigenvalue weighted by Gasteiger charge is -2.28. The van der Waals surface area contributed by atoms with Crippen molar-refractivity contribution in [2.24, 2.45) is 10.2 Å². The second-order valence-electron chi connectivity index (χ2n) is 30.3. The van der Waals surface area contributed by atoms with E-state index in [9.17, 15) is 77.0 Å². The molecule has 0 spiro atoms. The molecule has 0 bridgehead atoms. The number of rotatable bonds is 34. The summed E-state index contributed by atoms with van der Waals surface area (Å²) in [6.45, 7) is 8.45. The minimum Gasteiger partial charge on any atom is -0.508 e. The highest BCUT2D eigenvalue weighted by atomic mass is 35.5. The summed E-state index contributed by atoms with van der Waals surface area (Å²) in [7, 11) is -3.84. The zero-order valence-electron chi connectivity index (χ0n) is 77.6. The molecule has 41 nitrogen and oxygen atoms in total. The second-order valence-corrected chi connectivity index (χ2v) is 35.5. The van der Waals surface area contributed by atoms with Gasteiger partial charge in [-0.15, -0.1) is 11.3 Å². The number of morpholine rings is 1. The van der Waals surface area contributed by atoms with Gasteiger partial charge in [0.15, 0.2) is 21.6 Å². The van der Waals surface area contributed by atoms with Gasteiger partial charge >= 0.3 is 17.9 Å². The van der Waals surface area contributed by atoms with E-state index in [0.717, 1.165) is 47.8 Å². The van der Waals surface area contributed by atoms with E-state index in [0.29, 0.717) is 120 Å². The number of ether oxygens (including phenoxy) is 3. The van der Waals surface area contributed by atoms with Crippen molar-refractivity contribution in [2.75, 3.05) is 69.3 Å². The summed E-state index contributed by atoms with van der Waals surface area (Å²) in [4.78, 5) is 132. The molecule has 7 heterocycles. The van der Waals surface area contributed by atoms with Crippen molar-refractivity contribution in [2.45, 2.75) is 55.9 Å². The number of non-ortho nitro benzene ring substituents is 1. The van der Waals surface area contributed by atoms with E-state index in [1.54, 1.807) is 92.7 Å². The summed E-state index contributed by atoms with van der Waals surface area (Å²) in [5, 5.41) is 110. The molecule has 1 aliphatic heterocycles. The SMILES string of the molecule is CCNC(=S)N/N=C/c1ccc(-c2ccc(C(=O)O)c(Cl)c2)o1.CCOC(=O)c1sc(CC(=O)c2ccco2)c(SC#N)c1C.O=C(C(=S)N1CCOCC1)c1ccccc1.O=C(CCCO)COc1cc2[nH]c(C(=O)N[C@H](CO)c3ccc(C(=O)O)cc3)cc2cc1Cl.O=C(N/N=C/c1cc([N+](=O)[O-])ccc1O)c1ccc(O)cc1O.O=C(Nc1ccc(S(=O)(=O)Nc2ncccn2)cc1)c1cc(-c2ccccc2)n[nH]1. The lowest BCUT2D eigenvalue weighted by atomic mass is 10.1. The Labute approximate surface area is 865 Å². The Hall–Kier alpha value is -16.8. The van der Waals surface area contributed by atoms with Gasteiger partial charge in [-0.25, -0.2) is 42.9 Å². The molecule has 0 aliphatic carbocycles. The van der Waals surface area contributed by atoms with Crippen molar-refractivity contribution >= 4 is 184 Å². The number of phenols is 3.